The van der Waals surface area contributed by atoms with Gasteiger partial charge in [-0.05, 0) is 17.7 Å². The molecule has 6 heteroatoms. The molecule has 1 amide bonds. The van der Waals surface area contributed by atoms with Crippen molar-refractivity contribution >= 4 is 34.1 Å². The molecule has 0 saturated heterocycles. The quantitative estimate of drug-likeness (QED) is 0.652. The summed E-state index contributed by atoms with van der Waals surface area (Å²) in [5.41, 5.74) is 1.03. The number of anilines is 1. The molecule has 0 aliphatic heterocycles. The molecule has 0 unspecified atom stereocenters. The lowest BCUT2D eigenvalue weighted by molar-refractivity contribution is -0.117. The van der Waals surface area contributed by atoms with Gasteiger partial charge < -0.3 is 0 Å². The van der Waals surface area contributed by atoms with Gasteiger partial charge in [0.1, 0.15) is 0 Å². The molecule has 20 heavy (non-hydrogen) atoms. The zero-order valence-electron chi connectivity index (χ0n) is 11.5. The van der Waals surface area contributed by atoms with Gasteiger partial charge in [0.25, 0.3) is 0 Å². The highest BCUT2D eigenvalue weighted by atomic mass is 32.2. The van der Waals surface area contributed by atoms with Crippen LogP contribution in [-0.2, 0) is 4.79 Å². The fraction of sp³-hybridized carbons (Fsp3) is 0.357. The minimum absolute atomic E-state index is 0.0251. The van der Waals surface area contributed by atoms with Crippen molar-refractivity contribution in [3.05, 3.63) is 35.9 Å². The van der Waals surface area contributed by atoms with Gasteiger partial charge >= 0.3 is 0 Å². The van der Waals surface area contributed by atoms with Crippen LogP contribution < -0.4 is 5.32 Å². The molecule has 1 atom stereocenters. The number of hydrogen-bond donors (Lipinski definition) is 1. The lowest BCUT2D eigenvalue weighted by Crippen LogP contribution is -2.20. The molecule has 0 aliphatic carbocycles. The van der Waals surface area contributed by atoms with E-state index in [-0.39, 0.29) is 11.8 Å². The van der Waals surface area contributed by atoms with Crippen LogP contribution in [0.4, 0.5) is 5.13 Å². The standard InChI is InChI=1S/C14H17N3OS2/c1-3-11(10-8-6-5-7-9-10)12(18)15-13-16-17-14(20-13)19-4-2/h5-9,11H,3-4H2,1-2H3,(H,15,16,18)/t11-/m0/s1. The predicted molar refractivity (Wildman–Crippen MR) is 84.4 cm³/mol. The normalized spacial score (nSPS) is 12.1. The largest absolute Gasteiger partial charge is 0.300 e. The van der Waals surface area contributed by atoms with E-state index >= 15 is 0 Å². The van der Waals surface area contributed by atoms with Gasteiger partial charge in [-0.2, -0.15) is 0 Å². The summed E-state index contributed by atoms with van der Waals surface area (Å²) in [6.45, 7) is 4.07. The molecule has 0 aliphatic rings. The van der Waals surface area contributed by atoms with Gasteiger partial charge in [-0.1, -0.05) is 67.3 Å². The first-order chi connectivity index (χ1) is 9.74. The number of amides is 1. The number of nitrogens with one attached hydrogen (secondary N) is 1. The van der Waals surface area contributed by atoms with Crippen molar-refractivity contribution in [2.24, 2.45) is 0 Å². The number of rotatable bonds is 6. The first-order valence-corrected chi connectivity index (χ1v) is 8.36. The molecule has 2 rings (SSSR count). The lowest BCUT2D eigenvalue weighted by atomic mass is 9.96. The van der Waals surface area contributed by atoms with Crippen molar-refractivity contribution in [2.45, 2.75) is 30.5 Å². The van der Waals surface area contributed by atoms with Crippen molar-refractivity contribution in [3.63, 3.8) is 0 Å². The molecule has 0 bridgehead atoms. The summed E-state index contributed by atoms with van der Waals surface area (Å²) in [5.74, 6) is 0.773. The van der Waals surface area contributed by atoms with Crippen LogP contribution in [0, 0.1) is 0 Å². The van der Waals surface area contributed by atoms with Crippen molar-refractivity contribution in [3.8, 4) is 0 Å². The van der Waals surface area contributed by atoms with Gasteiger partial charge in [0, 0.05) is 0 Å². The first kappa shape index (κ1) is 15.0. The third-order valence-electron chi connectivity index (χ3n) is 2.83. The first-order valence-electron chi connectivity index (χ1n) is 6.56. The molecule has 1 aromatic heterocycles. The molecule has 2 aromatic rings. The summed E-state index contributed by atoms with van der Waals surface area (Å²) in [6, 6.07) is 9.81. The molecule has 0 radical (unpaired) electrons. The van der Waals surface area contributed by atoms with Crippen LogP contribution in [0.3, 0.4) is 0 Å². The monoisotopic (exact) mass is 307 g/mol. The number of benzene rings is 1. The van der Waals surface area contributed by atoms with Crippen LogP contribution in [-0.4, -0.2) is 21.9 Å². The van der Waals surface area contributed by atoms with Crippen molar-refractivity contribution < 1.29 is 4.79 Å². The Labute approximate surface area is 127 Å². The Morgan fingerprint density at radius 3 is 2.70 bits per heavy atom. The molecule has 1 heterocycles. The summed E-state index contributed by atoms with van der Waals surface area (Å²) in [5, 5.41) is 11.5. The molecule has 1 N–H and O–H groups in total. The average molecular weight is 307 g/mol. The van der Waals surface area contributed by atoms with Crippen molar-refractivity contribution in [1.82, 2.24) is 10.2 Å². The van der Waals surface area contributed by atoms with Crippen LogP contribution in [0.25, 0.3) is 0 Å². The van der Waals surface area contributed by atoms with Gasteiger partial charge in [0.2, 0.25) is 11.0 Å². The maximum Gasteiger partial charge on any atom is 0.233 e. The van der Waals surface area contributed by atoms with Crippen LogP contribution in [0.1, 0.15) is 31.7 Å². The molecular weight excluding hydrogens is 290 g/mol. The van der Waals surface area contributed by atoms with Crippen LogP contribution in [0.15, 0.2) is 34.7 Å². The third-order valence-corrected chi connectivity index (χ3v) is 4.69. The van der Waals surface area contributed by atoms with Gasteiger partial charge in [-0.3, -0.25) is 10.1 Å². The summed E-state index contributed by atoms with van der Waals surface area (Å²) in [4.78, 5) is 12.3. The Morgan fingerprint density at radius 1 is 1.30 bits per heavy atom. The number of hydrogen-bond acceptors (Lipinski definition) is 5. The predicted octanol–water partition coefficient (Wildman–Crippen LogP) is 3.78. The SMILES string of the molecule is CCSc1nnc(NC(=O)[C@@H](CC)c2ccccc2)s1. The third kappa shape index (κ3) is 3.80. The fourth-order valence-corrected chi connectivity index (χ4v) is 3.54. The van der Waals surface area contributed by atoms with Gasteiger partial charge in [0.05, 0.1) is 5.92 Å². The molecular formula is C14H17N3OS2. The van der Waals surface area contributed by atoms with Crippen molar-refractivity contribution in [1.29, 1.82) is 0 Å². The van der Waals surface area contributed by atoms with Gasteiger partial charge in [0.15, 0.2) is 4.34 Å². The average Bonchev–Trinajstić information content (AvgIpc) is 2.88. The summed E-state index contributed by atoms with van der Waals surface area (Å²) >= 11 is 3.05. The minimum atomic E-state index is -0.151. The molecule has 106 valence electrons. The summed E-state index contributed by atoms with van der Waals surface area (Å²) in [6.07, 6.45) is 0.755. The van der Waals surface area contributed by atoms with Crippen LogP contribution >= 0.6 is 23.1 Å². The highest BCUT2D eigenvalue weighted by Crippen LogP contribution is 2.27. The summed E-state index contributed by atoms with van der Waals surface area (Å²) in [7, 11) is 0. The van der Waals surface area contributed by atoms with Crippen molar-refractivity contribution in [2.75, 3.05) is 11.1 Å². The maximum absolute atomic E-state index is 12.3. The fourth-order valence-electron chi connectivity index (χ4n) is 1.89. The Balaban J connectivity index is 2.05. The second-order valence-corrected chi connectivity index (χ2v) is 6.66. The Bertz CT molecular complexity index is 557. The van der Waals surface area contributed by atoms with E-state index in [0.29, 0.717) is 5.13 Å². The Morgan fingerprint density at radius 2 is 2.05 bits per heavy atom. The highest BCUT2D eigenvalue weighted by Gasteiger charge is 2.19. The molecule has 4 nitrogen and oxygen atoms in total. The van der Waals surface area contributed by atoms with Crippen LogP contribution in [0.2, 0.25) is 0 Å². The van der Waals surface area contributed by atoms with E-state index in [1.807, 2.05) is 37.3 Å². The lowest BCUT2D eigenvalue weighted by Gasteiger charge is -2.13. The number of thioether (sulfide) groups is 1. The van der Waals surface area contributed by atoms with E-state index in [1.54, 1.807) is 11.8 Å². The molecule has 0 saturated carbocycles. The van der Waals surface area contributed by atoms with E-state index in [1.165, 1.54) is 11.3 Å². The molecule has 0 fully saturated rings. The topological polar surface area (TPSA) is 54.9 Å². The van der Waals surface area contributed by atoms with E-state index in [0.717, 1.165) is 22.1 Å². The van der Waals surface area contributed by atoms with E-state index in [9.17, 15) is 4.79 Å². The number of aromatic nitrogens is 2. The molecule has 0 spiro atoms. The van der Waals surface area contributed by atoms with E-state index < -0.39 is 0 Å². The second-order valence-electron chi connectivity index (χ2n) is 4.17. The number of carbonyl (C=O) groups is 1. The van der Waals surface area contributed by atoms with E-state index in [2.05, 4.69) is 22.4 Å². The summed E-state index contributed by atoms with van der Waals surface area (Å²) < 4.78 is 0.885. The second kappa shape index (κ2) is 7.40. The van der Waals surface area contributed by atoms with E-state index in [4.69, 9.17) is 0 Å². The zero-order chi connectivity index (χ0) is 14.4. The number of carbonyl (C=O) groups excluding carboxylic acids is 1. The van der Waals surface area contributed by atoms with Gasteiger partial charge in [-0.25, -0.2) is 0 Å². The van der Waals surface area contributed by atoms with Gasteiger partial charge in [-0.15, -0.1) is 10.2 Å². The smallest absolute Gasteiger partial charge is 0.233 e. The number of nitrogens with zero attached hydrogens (tertiary/aromatic N) is 2. The highest BCUT2D eigenvalue weighted by molar-refractivity contribution is 8.01. The zero-order valence-corrected chi connectivity index (χ0v) is 13.1. The Hall–Kier alpha value is -1.40. The molecule has 1 aromatic carbocycles. The Kier molecular flexibility index (Phi) is 5.55. The minimum Gasteiger partial charge on any atom is -0.300 e. The van der Waals surface area contributed by atoms with Crippen LogP contribution in [0.5, 0.6) is 0 Å². The maximum atomic E-state index is 12.3.